The first-order valence-electron chi connectivity index (χ1n) is 6.13. The summed E-state index contributed by atoms with van der Waals surface area (Å²) in [6.07, 6.45) is 13.1. The van der Waals surface area contributed by atoms with E-state index in [1.807, 2.05) is 0 Å². The molecule has 2 rings (SSSR count). The molecule has 1 heterocycles. The van der Waals surface area contributed by atoms with Crippen LogP contribution in [0, 0.1) is 5.92 Å². The number of nitrogens with zero attached hydrogens (tertiary/aromatic N) is 1. The molecule has 75 valence electrons. The van der Waals surface area contributed by atoms with Crippen molar-refractivity contribution in [3.63, 3.8) is 0 Å². The average Bonchev–Trinajstić information content (AvgIpc) is 2.55. The Hall–Kier alpha value is -0.0400. The van der Waals surface area contributed by atoms with Gasteiger partial charge in [-0.3, -0.25) is 0 Å². The van der Waals surface area contributed by atoms with Crippen LogP contribution in [0.3, 0.4) is 0 Å². The van der Waals surface area contributed by atoms with Gasteiger partial charge in [0.05, 0.1) is 0 Å². The van der Waals surface area contributed by atoms with E-state index < -0.39 is 0 Å². The van der Waals surface area contributed by atoms with E-state index in [1.54, 1.807) is 0 Å². The van der Waals surface area contributed by atoms with E-state index in [9.17, 15) is 0 Å². The SMILES string of the molecule is C1CCCC(C2CCC[N]2)CCC1. The minimum absolute atomic E-state index is 0.762. The van der Waals surface area contributed by atoms with Crippen molar-refractivity contribution in [1.82, 2.24) is 5.32 Å². The summed E-state index contributed by atoms with van der Waals surface area (Å²) < 4.78 is 0. The Morgan fingerprint density at radius 1 is 0.692 bits per heavy atom. The highest BCUT2D eigenvalue weighted by molar-refractivity contribution is 4.81. The third-order valence-corrected chi connectivity index (χ3v) is 3.72. The van der Waals surface area contributed by atoms with E-state index in [4.69, 9.17) is 5.32 Å². The molecule has 0 aromatic heterocycles. The number of hydrogen-bond donors (Lipinski definition) is 0. The molecule has 1 heteroatoms. The average molecular weight is 180 g/mol. The fourth-order valence-corrected chi connectivity index (χ4v) is 2.91. The summed E-state index contributed by atoms with van der Waals surface area (Å²) in [6, 6.07) is 0.762. The van der Waals surface area contributed by atoms with E-state index >= 15 is 0 Å². The van der Waals surface area contributed by atoms with Crippen molar-refractivity contribution in [2.24, 2.45) is 5.92 Å². The van der Waals surface area contributed by atoms with Gasteiger partial charge in [0.1, 0.15) is 0 Å². The van der Waals surface area contributed by atoms with Crippen LogP contribution < -0.4 is 5.32 Å². The number of hydrogen-bond acceptors (Lipinski definition) is 0. The summed E-state index contributed by atoms with van der Waals surface area (Å²) in [6.45, 7) is 1.15. The van der Waals surface area contributed by atoms with Crippen molar-refractivity contribution in [1.29, 1.82) is 0 Å². The van der Waals surface area contributed by atoms with Gasteiger partial charge in [0.2, 0.25) is 0 Å². The van der Waals surface area contributed by atoms with Crippen molar-refractivity contribution in [3.05, 3.63) is 0 Å². The summed E-state index contributed by atoms with van der Waals surface area (Å²) in [5.74, 6) is 0.961. The van der Waals surface area contributed by atoms with Gasteiger partial charge in [0.25, 0.3) is 0 Å². The molecule has 0 N–H and O–H groups in total. The first-order valence-corrected chi connectivity index (χ1v) is 6.13. The lowest BCUT2D eigenvalue weighted by molar-refractivity contribution is 0.303. The van der Waals surface area contributed by atoms with Crippen LogP contribution in [0.1, 0.15) is 57.8 Å². The molecule has 0 aromatic carbocycles. The third kappa shape index (κ3) is 2.70. The predicted octanol–water partition coefficient (Wildman–Crippen LogP) is 3.11. The zero-order valence-electron chi connectivity index (χ0n) is 8.67. The molecule has 0 bridgehead atoms. The van der Waals surface area contributed by atoms with Crippen molar-refractivity contribution < 1.29 is 0 Å². The van der Waals surface area contributed by atoms with Gasteiger partial charge in [0.15, 0.2) is 0 Å². The molecule has 1 aliphatic heterocycles. The molecule has 2 fully saturated rings. The fourth-order valence-electron chi connectivity index (χ4n) is 2.91. The highest BCUT2D eigenvalue weighted by Crippen LogP contribution is 2.28. The highest BCUT2D eigenvalue weighted by atomic mass is 14.9. The van der Waals surface area contributed by atoms with E-state index in [2.05, 4.69) is 0 Å². The topological polar surface area (TPSA) is 14.1 Å². The van der Waals surface area contributed by atoms with Gasteiger partial charge in [-0.1, -0.05) is 32.1 Å². The lowest BCUT2D eigenvalue weighted by atomic mass is 9.85. The lowest BCUT2D eigenvalue weighted by Crippen LogP contribution is -2.26. The number of rotatable bonds is 1. The van der Waals surface area contributed by atoms with Crippen LogP contribution in [0.25, 0.3) is 0 Å². The van der Waals surface area contributed by atoms with Crippen LogP contribution in [0.5, 0.6) is 0 Å². The molecule has 1 radical (unpaired) electrons. The van der Waals surface area contributed by atoms with Gasteiger partial charge in [-0.2, -0.15) is 0 Å². The second-order valence-electron chi connectivity index (χ2n) is 4.72. The molecule has 1 aliphatic carbocycles. The molecule has 1 atom stereocenters. The minimum Gasteiger partial charge on any atom is -0.238 e. The Balaban J connectivity index is 1.80. The van der Waals surface area contributed by atoms with Gasteiger partial charge in [-0.15, -0.1) is 0 Å². The Morgan fingerprint density at radius 3 is 2.00 bits per heavy atom. The fraction of sp³-hybridized carbons (Fsp3) is 1.00. The zero-order chi connectivity index (χ0) is 8.93. The zero-order valence-corrected chi connectivity index (χ0v) is 8.67. The van der Waals surface area contributed by atoms with Crippen LogP contribution in [-0.4, -0.2) is 12.6 Å². The van der Waals surface area contributed by atoms with Gasteiger partial charge in [0, 0.05) is 12.6 Å². The van der Waals surface area contributed by atoms with Crippen molar-refractivity contribution in [3.8, 4) is 0 Å². The van der Waals surface area contributed by atoms with Crippen molar-refractivity contribution >= 4 is 0 Å². The van der Waals surface area contributed by atoms with E-state index in [0.29, 0.717) is 0 Å². The van der Waals surface area contributed by atoms with Gasteiger partial charge in [-0.05, 0) is 31.6 Å². The quantitative estimate of drug-likeness (QED) is 0.588. The molecule has 2 aliphatic rings. The molecule has 1 saturated carbocycles. The Morgan fingerprint density at radius 2 is 1.38 bits per heavy atom. The molecular weight excluding hydrogens is 158 g/mol. The van der Waals surface area contributed by atoms with E-state index in [0.717, 1.165) is 18.5 Å². The normalized spacial score (nSPS) is 32.8. The first-order chi connectivity index (χ1) is 6.47. The Kier molecular flexibility index (Phi) is 3.65. The molecular formula is C12H22N. The van der Waals surface area contributed by atoms with Crippen molar-refractivity contribution in [2.75, 3.05) is 6.54 Å². The maximum atomic E-state index is 4.73. The first kappa shape index (κ1) is 9.51. The summed E-state index contributed by atoms with van der Waals surface area (Å²) in [4.78, 5) is 0. The van der Waals surface area contributed by atoms with Gasteiger partial charge in [-0.25, -0.2) is 5.32 Å². The lowest BCUT2D eigenvalue weighted by Gasteiger charge is -2.24. The van der Waals surface area contributed by atoms with Crippen LogP contribution in [0.4, 0.5) is 0 Å². The summed E-state index contributed by atoms with van der Waals surface area (Å²) >= 11 is 0. The molecule has 0 amide bonds. The van der Waals surface area contributed by atoms with Crippen molar-refractivity contribution in [2.45, 2.75) is 63.8 Å². The van der Waals surface area contributed by atoms with Crippen LogP contribution in [0.15, 0.2) is 0 Å². The summed E-state index contributed by atoms with van der Waals surface area (Å²) in [5.41, 5.74) is 0. The maximum absolute atomic E-state index is 4.73. The van der Waals surface area contributed by atoms with Crippen LogP contribution in [0.2, 0.25) is 0 Å². The molecule has 0 aromatic rings. The summed E-state index contributed by atoms with van der Waals surface area (Å²) in [5, 5.41) is 4.73. The monoisotopic (exact) mass is 180 g/mol. The molecule has 1 unspecified atom stereocenters. The second-order valence-corrected chi connectivity index (χ2v) is 4.72. The second kappa shape index (κ2) is 4.99. The largest absolute Gasteiger partial charge is 0.238 e. The third-order valence-electron chi connectivity index (χ3n) is 3.72. The molecule has 13 heavy (non-hydrogen) atoms. The minimum atomic E-state index is 0.762. The Labute approximate surface area is 82.3 Å². The Bertz CT molecular complexity index is 130. The van der Waals surface area contributed by atoms with Crippen LogP contribution in [-0.2, 0) is 0 Å². The van der Waals surface area contributed by atoms with E-state index in [1.165, 1.54) is 57.8 Å². The summed E-state index contributed by atoms with van der Waals surface area (Å²) in [7, 11) is 0. The molecule has 1 saturated heterocycles. The predicted molar refractivity (Wildman–Crippen MR) is 55.8 cm³/mol. The van der Waals surface area contributed by atoms with E-state index in [-0.39, 0.29) is 0 Å². The van der Waals surface area contributed by atoms with Crippen LogP contribution >= 0.6 is 0 Å². The molecule has 0 spiro atoms. The maximum Gasteiger partial charge on any atom is 0.0274 e. The van der Waals surface area contributed by atoms with Gasteiger partial charge < -0.3 is 0 Å². The molecule has 1 nitrogen and oxygen atoms in total. The van der Waals surface area contributed by atoms with Gasteiger partial charge >= 0.3 is 0 Å². The smallest absolute Gasteiger partial charge is 0.0274 e. The standard InChI is InChI=1S/C12H22N/c1-2-4-7-11(8-5-3-1)12-9-6-10-13-12/h11-12H,1-10H2. The highest BCUT2D eigenvalue weighted by Gasteiger charge is 2.25.